The molecule has 0 aliphatic carbocycles. The van der Waals surface area contributed by atoms with E-state index >= 15 is 0 Å². The lowest BCUT2D eigenvalue weighted by molar-refractivity contribution is -0.137. The number of carbonyl (C=O) groups is 1. The first kappa shape index (κ1) is 18.8. The van der Waals surface area contributed by atoms with E-state index in [0.29, 0.717) is 24.8 Å². The predicted molar refractivity (Wildman–Crippen MR) is 96.6 cm³/mol. The Morgan fingerprint density at radius 1 is 1.11 bits per heavy atom. The molecule has 4 rings (SSSR count). The largest absolute Gasteiger partial charge is 0.416 e. The van der Waals surface area contributed by atoms with Crippen molar-refractivity contribution in [3.05, 3.63) is 46.0 Å². The highest BCUT2D eigenvalue weighted by molar-refractivity contribution is 7.99. The van der Waals surface area contributed by atoms with Gasteiger partial charge in [0.1, 0.15) is 11.4 Å². The number of nitrogens with zero attached hydrogens (tertiary/aromatic N) is 5. The summed E-state index contributed by atoms with van der Waals surface area (Å²) in [6.45, 7) is 1.76. The second-order valence-corrected chi connectivity index (χ2v) is 7.50. The Kier molecular flexibility index (Phi) is 4.77. The molecule has 2 aromatic heterocycles. The lowest BCUT2D eigenvalue weighted by Crippen LogP contribution is -2.50. The van der Waals surface area contributed by atoms with Crippen molar-refractivity contribution in [1.29, 1.82) is 0 Å². The minimum Gasteiger partial charge on any atom is -0.353 e. The number of fused-ring (bicyclic) bond motifs is 1. The summed E-state index contributed by atoms with van der Waals surface area (Å²) in [5.41, 5.74) is -1.08. The molecule has 0 radical (unpaired) electrons. The summed E-state index contributed by atoms with van der Waals surface area (Å²) < 4.78 is 40.2. The molecule has 1 amide bonds. The van der Waals surface area contributed by atoms with Crippen molar-refractivity contribution in [3.63, 3.8) is 0 Å². The zero-order valence-corrected chi connectivity index (χ0v) is 15.5. The summed E-state index contributed by atoms with van der Waals surface area (Å²) in [7, 11) is 0. The van der Waals surface area contributed by atoms with Gasteiger partial charge in [-0.05, 0) is 12.1 Å². The second-order valence-electron chi connectivity index (χ2n) is 6.44. The number of hydrogen-bond acceptors (Lipinski definition) is 6. The Balaban J connectivity index is 1.46. The zero-order chi connectivity index (χ0) is 19.9. The molecule has 0 unspecified atom stereocenters. The van der Waals surface area contributed by atoms with Crippen LogP contribution in [0, 0.1) is 0 Å². The van der Waals surface area contributed by atoms with E-state index in [1.165, 1.54) is 27.4 Å². The van der Waals surface area contributed by atoms with Gasteiger partial charge < -0.3 is 9.80 Å². The number of anilines is 1. The van der Waals surface area contributed by atoms with Gasteiger partial charge in [0.25, 0.3) is 11.5 Å². The molecule has 0 bridgehead atoms. The van der Waals surface area contributed by atoms with Crippen molar-refractivity contribution in [2.75, 3.05) is 36.8 Å². The van der Waals surface area contributed by atoms with E-state index in [1.54, 1.807) is 4.90 Å². The molecule has 2 aromatic rings. The van der Waals surface area contributed by atoms with Crippen LogP contribution < -0.4 is 10.5 Å². The maximum Gasteiger partial charge on any atom is 0.416 e. The fraction of sp³-hybridized carbons (Fsp3) is 0.412. The quantitative estimate of drug-likeness (QED) is 0.701. The van der Waals surface area contributed by atoms with Crippen LogP contribution in [-0.4, -0.2) is 57.3 Å². The van der Waals surface area contributed by atoms with Crippen molar-refractivity contribution < 1.29 is 18.0 Å². The number of carbonyl (C=O) groups excluding carboxylic acids is 1. The van der Waals surface area contributed by atoms with Crippen LogP contribution in [0.3, 0.4) is 0 Å². The number of thioether (sulfide) groups is 1. The van der Waals surface area contributed by atoms with Crippen molar-refractivity contribution in [1.82, 2.24) is 19.4 Å². The molecule has 1 saturated heterocycles. The standard InChI is InChI=1S/C17H16F3N5O2S/c18-17(19,20)11-1-2-21-13(9-11)23-3-5-24(6-4-23)14(26)12-10-22-16-25(15(12)27)7-8-28-16/h1-2,9-10H,3-8H2. The van der Waals surface area contributed by atoms with Gasteiger partial charge in [0.15, 0.2) is 5.16 Å². The number of alkyl halides is 3. The topological polar surface area (TPSA) is 71.3 Å². The summed E-state index contributed by atoms with van der Waals surface area (Å²) in [5.74, 6) is 0.572. The molecule has 1 fully saturated rings. The van der Waals surface area contributed by atoms with E-state index in [-0.39, 0.29) is 30.0 Å². The van der Waals surface area contributed by atoms with Crippen LogP contribution in [-0.2, 0) is 12.7 Å². The molecular formula is C17H16F3N5O2S. The highest BCUT2D eigenvalue weighted by Gasteiger charge is 2.32. The molecule has 2 aliphatic heterocycles. The Morgan fingerprint density at radius 2 is 1.86 bits per heavy atom. The first-order chi connectivity index (χ1) is 13.3. The summed E-state index contributed by atoms with van der Waals surface area (Å²) in [4.78, 5) is 36.7. The van der Waals surface area contributed by atoms with Gasteiger partial charge in [0.05, 0.1) is 5.56 Å². The zero-order valence-electron chi connectivity index (χ0n) is 14.6. The van der Waals surface area contributed by atoms with E-state index in [0.717, 1.165) is 24.1 Å². The van der Waals surface area contributed by atoms with Gasteiger partial charge in [-0.25, -0.2) is 9.97 Å². The van der Waals surface area contributed by atoms with E-state index in [9.17, 15) is 22.8 Å². The Morgan fingerprint density at radius 3 is 2.57 bits per heavy atom. The fourth-order valence-electron chi connectivity index (χ4n) is 3.24. The SMILES string of the molecule is O=C(c1cnc2n(c1=O)CCS2)N1CCN(c2cc(C(F)(F)F)ccn2)CC1. The number of pyridine rings is 1. The van der Waals surface area contributed by atoms with Crippen LogP contribution in [0.15, 0.2) is 34.5 Å². The number of aromatic nitrogens is 3. The summed E-state index contributed by atoms with van der Waals surface area (Å²) >= 11 is 1.47. The van der Waals surface area contributed by atoms with Crippen molar-refractivity contribution in [2.24, 2.45) is 0 Å². The van der Waals surface area contributed by atoms with Crippen molar-refractivity contribution in [3.8, 4) is 0 Å². The van der Waals surface area contributed by atoms with Crippen molar-refractivity contribution in [2.45, 2.75) is 17.9 Å². The second kappa shape index (κ2) is 7.12. The third kappa shape index (κ3) is 3.46. The number of rotatable bonds is 2. The molecule has 7 nitrogen and oxygen atoms in total. The molecule has 0 aromatic carbocycles. The van der Waals surface area contributed by atoms with Gasteiger partial charge >= 0.3 is 6.18 Å². The number of hydrogen-bond donors (Lipinski definition) is 0. The van der Waals surface area contributed by atoms with E-state index in [1.807, 2.05) is 0 Å². The fourth-order valence-corrected chi connectivity index (χ4v) is 4.15. The third-order valence-corrected chi connectivity index (χ3v) is 5.72. The molecule has 148 valence electrons. The Bertz CT molecular complexity index is 970. The van der Waals surface area contributed by atoms with Gasteiger partial charge in [-0.3, -0.25) is 14.2 Å². The molecule has 28 heavy (non-hydrogen) atoms. The molecule has 0 N–H and O–H groups in total. The van der Waals surface area contributed by atoms with Crippen LogP contribution in [0.25, 0.3) is 0 Å². The first-order valence-electron chi connectivity index (χ1n) is 8.65. The Labute approximate surface area is 162 Å². The minimum absolute atomic E-state index is 0.0249. The number of piperazine rings is 1. The van der Waals surface area contributed by atoms with Gasteiger partial charge in [0, 0.05) is 50.9 Å². The molecule has 0 spiro atoms. The van der Waals surface area contributed by atoms with E-state index < -0.39 is 17.6 Å². The lowest BCUT2D eigenvalue weighted by Gasteiger charge is -2.35. The highest BCUT2D eigenvalue weighted by atomic mass is 32.2. The smallest absolute Gasteiger partial charge is 0.353 e. The van der Waals surface area contributed by atoms with Crippen LogP contribution in [0.4, 0.5) is 19.0 Å². The monoisotopic (exact) mass is 411 g/mol. The lowest BCUT2D eigenvalue weighted by atomic mass is 10.2. The normalized spacial score (nSPS) is 17.0. The first-order valence-corrected chi connectivity index (χ1v) is 9.63. The summed E-state index contributed by atoms with van der Waals surface area (Å²) in [5, 5.41) is 0.613. The average molecular weight is 411 g/mol. The molecule has 0 saturated carbocycles. The molecule has 2 aliphatic rings. The van der Waals surface area contributed by atoms with Crippen LogP contribution in [0.1, 0.15) is 15.9 Å². The van der Waals surface area contributed by atoms with Crippen molar-refractivity contribution >= 4 is 23.5 Å². The highest BCUT2D eigenvalue weighted by Crippen LogP contribution is 2.31. The molecule has 4 heterocycles. The molecule has 11 heteroatoms. The van der Waals surface area contributed by atoms with Crippen LogP contribution in [0.2, 0.25) is 0 Å². The third-order valence-electron chi connectivity index (χ3n) is 4.75. The van der Waals surface area contributed by atoms with Gasteiger partial charge in [-0.2, -0.15) is 13.2 Å². The predicted octanol–water partition coefficient (Wildman–Crippen LogP) is 1.73. The number of amides is 1. The van der Waals surface area contributed by atoms with Crippen LogP contribution >= 0.6 is 11.8 Å². The van der Waals surface area contributed by atoms with Gasteiger partial charge in [0.2, 0.25) is 0 Å². The average Bonchev–Trinajstić information content (AvgIpc) is 3.17. The summed E-state index contributed by atoms with van der Waals surface area (Å²) in [6, 6.07) is 1.93. The summed E-state index contributed by atoms with van der Waals surface area (Å²) in [6.07, 6.45) is -1.99. The maximum atomic E-state index is 12.9. The minimum atomic E-state index is -4.43. The van der Waals surface area contributed by atoms with Crippen LogP contribution in [0.5, 0.6) is 0 Å². The van der Waals surface area contributed by atoms with E-state index in [4.69, 9.17) is 0 Å². The Hall–Kier alpha value is -2.56. The van der Waals surface area contributed by atoms with Gasteiger partial charge in [-0.1, -0.05) is 11.8 Å². The maximum absolute atomic E-state index is 12.9. The van der Waals surface area contributed by atoms with E-state index in [2.05, 4.69) is 9.97 Å². The van der Waals surface area contributed by atoms with Gasteiger partial charge in [-0.15, -0.1) is 0 Å². The molecule has 0 atom stereocenters. The molecular weight excluding hydrogens is 395 g/mol. The number of halogens is 3.